The van der Waals surface area contributed by atoms with E-state index in [-0.39, 0.29) is 0 Å². The lowest BCUT2D eigenvalue weighted by Crippen LogP contribution is -1.97. The van der Waals surface area contributed by atoms with Crippen molar-refractivity contribution in [2.24, 2.45) is 5.10 Å². The molecular weight excluding hydrogens is 409 g/mol. The second-order valence-corrected chi connectivity index (χ2v) is 8.40. The summed E-state index contributed by atoms with van der Waals surface area (Å²) in [5, 5.41) is 7.96. The van der Waals surface area contributed by atoms with Crippen molar-refractivity contribution in [3.05, 3.63) is 50.1 Å². The van der Waals surface area contributed by atoms with Crippen LogP contribution in [0.15, 0.2) is 34.7 Å². The molecule has 1 N–H and O–H groups in total. The van der Waals surface area contributed by atoms with Gasteiger partial charge in [-0.15, -0.1) is 22.7 Å². The Morgan fingerprint density at radius 2 is 2.08 bits per heavy atom. The van der Waals surface area contributed by atoms with Gasteiger partial charge in [0.15, 0.2) is 5.75 Å². The number of thiophene rings is 1. The molecule has 0 aliphatic rings. The molecule has 0 bridgehead atoms. The number of ether oxygens (including phenoxy) is 1. The van der Waals surface area contributed by atoms with Crippen molar-refractivity contribution >= 4 is 57.2 Å². The van der Waals surface area contributed by atoms with Crippen LogP contribution in [0.5, 0.6) is 5.75 Å². The molecule has 136 valence electrons. The van der Waals surface area contributed by atoms with Crippen LogP contribution in [0, 0.1) is 6.92 Å². The summed E-state index contributed by atoms with van der Waals surface area (Å²) >= 11 is 15.7. The summed E-state index contributed by atoms with van der Waals surface area (Å²) in [7, 11) is 0. The molecule has 0 aliphatic carbocycles. The minimum Gasteiger partial charge on any atom is -0.490 e. The van der Waals surface area contributed by atoms with E-state index in [1.165, 1.54) is 0 Å². The number of aromatic nitrogens is 1. The molecule has 2 heterocycles. The van der Waals surface area contributed by atoms with E-state index >= 15 is 0 Å². The maximum absolute atomic E-state index is 6.25. The Morgan fingerprint density at radius 3 is 2.73 bits per heavy atom. The third-order valence-electron chi connectivity index (χ3n) is 3.40. The topological polar surface area (TPSA) is 46.5 Å². The molecule has 3 rings (SSSR count). The molecule has 0 radical (unpaired) electrons. The van der Waals surface area contributed by atoms with Gasteiger partial charge in [-0.05, 0) is 42.5 Å². The van der Waals surface area contributed by atoms with E-state index in [9.17, 15) is 0 Å². The number of hydrogen-bond donors (Lipinski definition) is 1. The monoisotopic (exact) mass is 425 g/mol. The Balaban J connectivity index is 1.70. The largest absolute Gasteiger partial charge is 0.490 e. The number of rotatable bonds is 7. The molecule has 0 atom stereocenters. The van der Waals surface area contributed by atoms with E-state index in [1.54, 1.807) is 41.0 Å². The van der Waals surface area contributed by atoms with Crippen LogP contribution in [-0.4, -0.2) is 17.8 Å². The average molecular weight is 426 g/mol. The van der Waals surface area contributed by atoms with Crippen molar-refractivity contribution in [2.45, 2.75) is 20.3 Å². The molecule has 0 aliphatic heterocycles. The highest BCUT2D eigenvalue weighted by Gasteiger charge is 2.11. The number of anilines is 1. The quantitative estimate of drug-likeness (QED) is 0.337. The maximum Gasteiger partial charge on any atom is 0.204 e. The minimum atomic E-state index is 0.470. The van der Waals surface area contributed by atoms with Crippen LogP contribution in [-0.2, 0) is 0 Å². The van der Waals surface area contributed by atoms with Gasteiger partial charge in [-0.25, -0.2) is 4.98 Å². The molecule has 0 fully saturated rings. The molecule has 26 heavy (non-hydrogen) atoms. The molecule has 1 aromatic carbocycles. The number of benzene rings is 1. The van der Waals surface area contributed by atoms with Gasteiger partial charge >= 0.3 is 0 Å². The molecule has 2 aromatic heterocycles. The lowest BCUT2D eigenvalue weighted by atomic mass is 10.2. The van der Waals surface area contributed by atoms with Crippen LogP contribution in [0.4, 0.5) is 5.13 Å². The number of halogens is 2. The minimum absolute atomic E-state index is 0.470. The van der Waals surface area contributed by atoms with Gasteiger partial charge in [0.1, 0.15) is 0 Å². The van der Waals surface area contributed by atoms with Crippen LogP contribution in [0.3, 0.4) is 0 Å². The van der Waals surface area contributed by atoms with Crippen molar-refractivity contribution in [2.75, 3.05) is 12.0 Å². The van der Waals surface area contributed by atoms with Gasteiger partial charge in [0.05, 0.1) is 33.4 Å². The number of hydrazone groups is 1. The molecule has 0 saturated heterocycles. The standard InChI is InChI=1S/C18H17Cl2N3OS2/c1-3-6-24-17-13(19)8-12(9-14(17)20)10-21-23-18-22-16(11(2)26-18)15-5-4-7-25-15/h4-5,7-10H,3,6H2,1-2H3,(H,22,23)/b21-10-. The van der Waals surface area contributed by atoms with Crippen molar-refractivity contribution in [1.82, 2.24) is 4.98 Å². The highest BCUT2D eigenvalue weighted by Crippen LogP contribution is 2.34. The van der Waals surface area contributed by atoms with Gasteiger partial charge in [0.25, 0.3) is 0 Å². The van der Waals surface area contributed by atoms with Crippen molar-refractivity contribution in [1.29, 1.82) is 0 Å². The number of nitrogens with one attached hydrogen (secondary N) is 1. The molecule has 0 unspecified atom stereocenters. The van der Waals surface area contributed by atoms with E-state index in [0.717, 1.165) is 32.6 Å². The van der Waals surface area contributed by atoms with Crippen LogP contribution in [0.2, 0.25) is 10.0 Å². The zero-order valence-corrected chi connectivity index (χ0v) is 17.4. The highest BCUT2D eigenvalue weighted by molar-refractivity contribution is 7.17. The van der Waals surface area contributed by atoms with Gasteiger partial charge in [-0.2, -0.15) is 5.10 Å². The Bertz CT molecular complexity index is 884. The van der Waals surface area contributed by atoms with E-state index in [0.29, 0.717) is 22.4 Å². The first-order valence-electron chi connectivity index (χ1n) is 8.00. The summed E-state index contributed by atoms with van der Waals surface area (Å²) in [6.45, 7) is 4.65. The summed E-state index contributed by atoms with van der Waals surface area (Å²) < 4.78 is 5.57. The van der Waals surface area contributed by atoms with Crippen LogP contribution in [0.25, 0.3) is 10.6 Å². The maximum atomic E-state index is 6.25. The molecule has 0 saturated carbocycles. The van der Waals surface area contributed by atoms with Gasteiger partial charge in [-0.1, -0.05) is 36.2 Å². The first-order chi connectivity index (χ1) is 12.6. The smallest absolute Gasteiger partial charge is 0.204 e. The Labute approximate surface area is 170 Å². The third kappa shape index (κ3) is 4.57. The van der Waals surface area contributed by atoms with Crippen molar-refractivity contribution in [3.8, 4) is 16.3 Å². The van der Waals surface area contributed by atoms with Crippen LogP contribution >= 0.6 is 45.9 Å². The zero-order valence-electron chi connectivity index (χ0n) is 14.3. The van der Waals surface area contributed by atoms with Gasteiger partial charge in [-0.3, -0.25) is 5.43 Å². The Morgan fingerprint density at radius 1 is 1.31 bits per heavy atom. The van der Waals surface area contributed by atoms with Gasteiger partial charge in [0.2, 0.25) is 5.13 Å². The molecule has 8 heteroatoms. The molecular formula is C18H17Cl2N3OS2. The summed E-state index contributed by atoms with van der Waals surface area (Å²) in [6.07, 6.45) is 2.55. The molecule has 0 spiro atoms. The summed E-state index contributed by atoms with van der Waals surface area (Å²) in [6, 6.07) is 7.62. The predicted molar refractivity (Wildman–Crippen MR) is 114 cm³/mol. The summed E-state index contributed by atoms with van der Waals surface area (Å²) in [5.41, 5.74) is 4.74. The van der Waals surface area contributed by atoms with E-state index in [2.05, 4.69) is 28.5 Å². The zero-order chi connectivity index (χ0) is 18.5. The predicted octanol–water partition coefficient (Wildman–Crippen LogP) is 6.72. The van der Waals surface area contributed by atoms with Crippen LogP contribution in [0.1, 0.15) is 23.8 Å². The highest BCUT2D eigenvalue weighted by atomic mass is 35.5. The average Bonchev–Trinajstić information content (AvgIpc) is 3.24. The lowest BCUT2D eigenvalue weighted by Gasteiger charge is -2.09. The fourth-order valence-corrected chi connectivity index (χ4v) is 4.47. The van der Waals surface area contributed by atoms with Crippen LogP contribution < -0.4 is 10.2 Å². The Kier molecular flexibility index (Phi) is 6.53. The summed E-state index contributed by atoms with van der Waals surface area (Å²) in [5.74, 6) is 0.511. The number of nitrogens with zero attached hydrogens (tertiary/aromatic N) is 2. The first-order valence-corrected chi connectivity index (χ1v) is 10.5. The third-order valence-corrected chi connectivity index (χ3v) is 5.71. The van der Waals surface area contributed by atoms with Crippen molar-refractivity contribution in [3.63, 3.8) is 0 Å². The van der Waals surface area contributed by atoms with Crippen molar-refractivity contribution < 1.29 is 4.74 Å². The number of hydrogen-bond acceptors (Lipinski definition) is 6. The Hall–Kier alpha value is -1.60. The number of thiazole rings is 1. The van der Waals surface area contributed by atoms with E-state index in [4.69, 9.17) is 27.9 Å². The second-order valence-electron chi connectivity index (χ2n) is 5.43. The van der Waals surface area contributed by atoms with E-state index < -0.39 is 0 Å². The SMILES string of the molecule is CCCOc1c(Cl)cc(/C=N\Nc2nc(-c3cccs3)c(C)s2)cc1Cl. The second kappa shape index (κ2) is 8.86. The van der Waals surface area contributed by atoms with Gasteiger partial charge < -0.3 is 4.74 Å². The molecule has 0 amide bonds. The first kappa shape index (κ1) is 19.2. The normalized spacial score (nSPS) is 11.2. The fraction of sp³-hybridized carbons (Fsp3) is 0.222. The fourth-order valence-electron chi connectivity index (χ4n) is 2.24. The van der Waals surface area contributed by atoms with Gasteiger partial charge in [0, 0.05) is 4.88 Å². The van der Waals surface area contributed by atoms with E-state index in [1.807, 2.05) is 18.4 Å². The number of aryl methyl sites for hydroxylation is 1. The lowest BCUT2D eigenvalue weighted by molar-refractivity contribution is 0.318. The molecule has 4 nitrogen and oxygen atoms in total. The summed E-state index contributed by atoms with van der Waals surface area (Å²) in [4.78, 5) is 6.90. The molecule has 3 aromatic rings.